The highest BCUT2D eigenvalue weighted by atomic mass is 35.5. The van der Waals surface area contributed by atoms with Crippen molar-refractivity contribution in [3.8, 4) is 11.5 Å². The van der Waals surface area contributed by atoms with Crippen molar-refractivity contribution in [1.82, 2.24) is 5.32 Å². The molecule has 0 unspecified atom stereocenters. The van der Waals surface area contributed by atoms with Gasteiger partial charge < -0.3 is 14.8 Å². The van der Waals surface area contributed by atoms with Gasteiger partial charge in [-0.3, -0.25) is 9.10 Å². The Hall–Kier alpha value is -3.23. The van der Waals surface area contributed by atoms with Gasteiger partial charge in [0.1, 0.15) is 13.2 Å². The lowest BCUT2D eigenvalue weighted by molar-refractivity contribution is 0.0939. The van der Waals surface area contributed by atoms with Crippen LogP contribution in [-0.2, 0) is 16.6 Å². The second-order valence-corrected chi connectivity index (χ2v) is 10.3. The fourth-order valence-corrected chi connectivity index (χ4v) is 4.73. The topological polar surface area (TPSA) is 84.9 Å². The van der Waals surface area contributed by atoms with Crippen LogP contribution in [0.2, 0.25) is 5.02 Å². The van der Waals surface area contributed by atoms with Crippen molar-refractivity contribution in [2.24, 2.45) is 0 Å². The number of nitrogens with zero attached hydrogens (tertiary/aromatic N) is 1. The van der Waals surface area contributed by atoms with E-state index < -0.39 is 10.0 Å². The van der Waals surface area contributed by atoms with Crippen LogP contribution in [0.25, 0.3) is 0 Å². The van der Waals surface area contributed by atoms with Crippen LogP contribution in [0.1, 0.15) is 34.5 Å². The Labute approximate surface area is 204 Å². The predicted molar refractivity (Wildman–Crippen MR) is 132 cm³/mol. The van der Waals surface area contributed by atoms with Crippen LogP contribution in [0.3, 0.4) is 0 Å². The zero-order valence-electron chi connectivity index (χ0n) is 18.8. The highest BCUT2D eigenvalue weighted by molar-refractivity contribution is 7.92. The maximum Gasteiger partial charge on any atom is 0.251 e. The third-order valence-corrected chi connectivity index (χ3v) is 7.01. The van der Waals surface area contributed by atoms with Crippen molar-refractivity contribution in [1.29, 1.82) is 0 Å². The Bertz CT molecular complexity index is 1290. The van der Waals surface area contributed by atoms with Gasteiger partial charge in [-0.2, -0.15) is 0 Å². The number of carbonyl (C=O) groups excluding carboxylic acids is 1. The van der Waals surface area contributed by atoms with E-state index in [9.17, 15) is 13.2 Å². The number of ether oxygens (including phenoxy) is 2. The van der Waals surface area contributed by atoms with E-state index in [2.05, 4.69) is 5.32 Å². The third kappa shape index (κ3) is 5.46. The van der Waals surface area contributed by atoms with Crippen LogP contribution >= 0.6 is 11.6 Å². The van der Waals surface area contributed by atoms with Gasteiger partial charge in [0.05, 0.1) is 24.5 Å². The molecule has 3 aromatic rings. The molecule has 0 aliphatic carbocycles. The first-order valence-corrected chi connectivity index (χ1v) is 13.0. The summed E-state index contributed by atoms with van der Waals surface area (Å²) in [5.74, 6) is 1.08. The summed E-state index contributed by atoms with van der Waals surface area (Å²) in [6.07, 6.45) is 1.14. The van der Waals surface area contributed by atoms with Crippen LogP contribution in [0.15, 0.2) is 66.7 Å². The molecule has 1 heterocycles. The number of anilines is 1. The average molecular weight is 501 g/mol. The van der Waals surface area contributed by atoms with E-state index >= 15 is 0 Å². The Kier molecular flexibility index (Phi) is 7.00. The smallest absolute Gasteiger partial charge is 0.251 e. The zero-order chi connectivity index (χ0) is 24.3. The van der Waals surface area contributed by atoms with Crippen molar-refractivity contribution in [2.45, 2.75) is 19.5 Å². The molecule has 1 atom stereocenters. The van der Waals surface area contributed by atoms with Crippen LogP contribution < -0.4 is 19.1 Å². The molecular weight excluding hydrogens is 476 g/mol. The van der Waals surface area contributed by atoms with Gasteiger partial charge in [0.15, 0.2) is 11.5 Å². The van der Waals surface area contributed by atoms with Crippen LogP contribution in [0.5, 0.6) is 11.5 Å². The molecule has 1 aliphatic heterocycles. The van der Waals surface area contributed by atoms with E-state index in [0.717, 1.165) is 11.8 Å². The molecule has 4 rings (SSSR count). The Morgan fingerprint density at radius 2 is 1.71 bits per heavy atom. The van der Waals surface area contributed by atoms with Gasteiger partial charge >= 0.3 is 0 Å². The molecule has 1 N–H and O–H groups in total. The van der Waals surface area contributed by atoms with Gasteiger partial charge in [0, 0.05) is 10.6 Å². The molecule has 0 bridgehead atoms. The zero-order valence-corrected chi connectivity index (χ0v) is 20.4. The predicted octanol–water partition coefficient (Wildman–Crippen LogP) is 4.57. The first kappa shape index (κ1) is 23.9. The molecule has 1 amide bonds. The minimum Gasteiger partial charge on any atom is -0.486 e. The number of hydrogen-bond acceptors (Lipinski definition) is 5. The highest BCUT2D eigenvalue weighted by Gasteiger charge is 2.20. The lowest BCUT2D eigenvalue weighted by Crippen LogP contribution is -2.30. The van der Waals surface area contributed by atoms with E-state index in [1.54, 1.807) is 48.5 Å². The number of fused-ring (bicyclic) bond motifs is 1. The molecule has 178 valence electrons. The van der Waals surface area contributed by atoms with Crippen LogP contribution in [0, 0.1) is 0 Å². The molecule has 7 nitrogen and oxygen atoms in total. The first-order chi connectivity index (χ1) is 16.2. The third-order valence-electron chi connectivity index (χ3n) is 5.50. The molecule has 0 saturated heterocycles. The normalized spacial score (nSPS) is 13.7. The summed E-state index contributed by atoms with van der Waals surface area (Å²) in [7, 11) is -3.58. The standard InChI is InChI=1S/C25H25ClN2O5S/c1-17(19-9-12-23-24(15-19)33-14-13-32-23)27-25(29)18-7-10-21(11-8-18)28(34(2,30)31)16-20-5-3-4-6-22(20)26/h3-12,15,17H,13-14,16H2,1-2H3,(H,27,29)/t17-/m0/s1. The molecular formula is C25H25ClN2O5S. The van der Waals surface area contributed by atoms with Gasteiger partial charge in [0.25, 0.3) is 5.91 Å². The van der Waals surface area contributed by atoms with E-state index in [-0.39, 0.29) is 18.5 Å². The van der Waals surface area contributed by atoms with Crippen LogP contribution in [-0.4, -0.2) is 33.8 Å². The molecule has 1 aliphatic rings. The molecule has 9 heteroatoms. The van der Waals surface area contributed by atoms with E-state index in [4.69, 9.17) is 21.1 Å². The maximum atomic E-state index is 12.8. The van der Waals surface area contributed by atoms with Crippen molar-refractivity contribution >= 4 is 33.2 Å². The Morgan fingerprint density at radius 3 is 2.38 bits per heavy atom. The lowest BCUT2D eigenvalue weighted by atomic mass is 10.1. The number of sulfonamides is 1. The van der Waals surface area contributed by atoms with Gasteiger partial charge in [-0.25, -0.2) is 8.42 Å². The van der Waals surface area contributed by atoms with Crippen molar-refractivity contribution in [3.63, 3.8) is 0 Å². The Morgan fingerprint density at radius 1 is 1.03 bits per heavy atom. The monoisotopic (exact) mass is 500 g/mol. The SMILES string of the molecule is C[C@H](NC(=O)c1ccc(N(Cc2ccccc2Cl)S(C)(=O)=O)cc1)c1ccc2c(c1)OCCO2. The van der Waals surface area contributed by atoms with Crippen molar-refractivity contribution in [2.75, 3.05) is 23.8 Å². The second kappa shape index (κ2) is 9.95. The maximum absolute atomic E-state index is 12.8. The van der Waals surface area contributed by atoms with Gasteiger partial charge in [-0.1, -0.05) is 35.9 Å². The quantitative estimate of drug-likeness (QED) is 0.513. The molecule has 0 fully saturated rings. The summed E-state index contributed by atoms with van der Waals surface area (Å²) in [6.45, 7) is 2.98. The fraction of sp³-hybridized carbons (Fsp3) is 0.240. The summed E-state index contributed by atoms with van der Waals surface area (Å²) >= 11 is 6.22. The lowest BCUT2D eigenvalue weighted by Gasteiger charge is -2.23. The second-order valence-electron chi connectivity index (χ2n) is 8.01. The first-order valence-electron chi connectivity index (χ1n) is 10.7. The van der Waals surface area contributed by atoms with E-state index in [0.29, 0.717) is 46.5 Å². The van der Waals surface area contributed by atoms with Gasteiger partial charge in [-0.15, -0.1) is 0 Å². The number of benzene rings is 3. The number of carbonyl (C=O) groups is 1. The average Bonchev–Trinajstić information content (AvgIpc) is 2.82. The molecule has 0 spiro atoms. The summed E-state index contributed by atoms with van der Waals surface area (Å²) in [5.41, 5.74) is 2.43. The van der Waals surface area contributed by atoms with E-state index in [1.807, 2.05) is 25.1 Å². The van der Waals surface area contributed by atoms with Gasteiger partial charge in [-0.05, 0) is 60.5 Å². The molecule has 0 radical (unpaired) electrons. The van der Waals surface area contributed by atoms with Crippen molar-refractivity contribution < 1.29 is 22.7 Å². The minimum absolute atomic E-state index is 0.0885. The number of nitrogens with one attached hydrogen (secondary N) is 1. The summed E-state index contributed by atoms with van der Waals surface area (Å²) in [6, 6.07) is 18.8. The molecule has 0 aromatic heterocycles. The van der Waals surface area contributed by atoms with Crippen molar-refractivity contribution in [3.05, 3.63) is 88.4 Å². The number of halogens is 1. The largest absolute Gasteiger partial charge is 0.486 e. The number of rotatable bonds is 7. The summed E-state index contributed by atoms with van der Waals surface area (Å²) < 4.78 is 37.3. The highest BCUT2D eigenvalue weighted by Crippen LogP contribution is 2.32. The molecule has 0 saturated carbocycles. The molecule has 34 heavy (non-hydrogen) atoms. The van der Waals surface area contributed by atoms with Crippen LogP contribution in [0.4, 0.5) is 5.69 Å². The van der Waals surface area contributed by atoms with E-state index in [1.165, 1.54) is 4.31 Å². The molecule has 3 aromatic carbocycles. The fourth-order valence-electron chi connectivity index (χ4n) is 3.65. The Balaban J connectivity index is 1.48. The number of amides is 1. The summed E-state index contributed by atoms with van der Waals surface area (Å²) in [5, 5.41) is 3.45. The van der Waals surface area contributed by atoms with Gasteiger partial charge in [0.2, 0.25) is 10.0 Å². The summed E-state index contributed by atoms with van der Waals surface area (Å²) in [4.78, 5) is 12.8. The minimum atomic E-state index is -3.58. The number of hydrogen-bond donors (Lipinski definition) is 1.